The fraction of sp³-hybridized carbons (Fsp3) is 0.296. The van der Waals surface area contributed by atoms with Crippen LogP contribution in [0.3, 0.4) is 0 Å². The molecule has 0 aliphatic heterocycles. The molecule has 0 aliphatic carbocycles. The average Bonchev–Trinajstić information content (AvgIpc) is 2.82. The molecule has 1 atom stereocenters. The van der Waals surface area contributed by atoms with E-state index in [2.05, 4.69) is 19.2 Å². The Morgan fingerprint density at radius 3 is 2.17 bits per heavy atom. The molecule has 0 spiro atoms. The van der Waals surface area contributed by atoms with Crippen LogP contribution in [-0.2, 0) is 16.6 Å². The maximum atomic E-state index is 14.1. The van der Waals surface area contributed by atoms with E-state index < -0.39 is 15.8 Å². The first-order chi connectivity index (χ1) is 16.6. The van der Waals surface area contributed by atoms with Gasteiger partial charge in [-0.1, -0.05) is 44.2 Å². The quantitative estimate of drug-likeness (QED) is 0.411. The zero-order valence-corrected chi connectivity index (χ0v) is 21.2. The number of rotatable bonds is 10. The summed E-state index contributed by atoms with van der Waals surface area (Å²) in [7, 11) is -2.08. The van der Waals surface area contributed by atoms with E-state index >= 15 is 0 Å². The van der Waals surface area contributed by atoms with Crippen molar-refractivity contribution in [3.05, 3.63) is 95.3 Å². The number of amides is 1. The van der Waals surface area contributed by atoms with Crippen molar-refractivity contribution in [1.29, 1.82) is 0 Å². The van der Waals surface area contributed by atoms with E-state index in [4.69, 9.17) is 4.74 Å². The van der Waals surface area contributed by atoms with Gasteiger partial charge in [0.25, 0.3) is 5.91 Å². The molecule has 0 aliphatic rings. The second-order valence-corrected chi connectivity index (χ2v) is 10.7. The molecular weight excluding hydrogens is 467 g/mol. The van der Waals surface area contributed by atoms with E-state index in [0.29, 0.717) is 17.2 Å². The standard InChI is InChI=1S/C27H31FN2O4S/c1-19(2)17-26(20-11-15-24(34-3)16-12-20)29-27(31)21-9-13-23(14-10-21)30(35(4,32)33)18-22-7-5-6-8-25(22)28/h5-16,19,26H,17-18H2,1-4H3,(H,29,31)/t26-/m0/s1. The minimum Gasteiger partial charge on any atom is -0.497 e. The molecule has 0 aromatic heterocycles. The molecule has 6 nitrogen and oxygen atoms in total. The van der Waals surface area contributed by atoms with Gasteiger partial charge in [0.1, 0.15) is 11.6 Å². The Labute approximate surface area is 206 Å². The molecule has 0 unspecified atom stereocenters. The fourth-order valence-electron chi connectivity index (χ4n) is 3.79. The zero-order valence-electron chi connectivity index (χ0n) is 20.4. The second kappa shape index (κ2) is 11.4. The first-order valence-electron chi connectivity index (χ1n) is 11.3. The highest BCUT2D eigenvalue weighted by Gasteiger charge is 2.21. The Bertz CT molecular complexity index is 1240. The third kappa shape index (κ3) is 7.05. The van der Waals surface area contributed by atoms with Crippen molar-refractivity contribution >= 4 is 21.6 Å². The van der Waals surface area contributed by atoms with E-state index in [1.807, 2.05) is 24.3 Å². The molecule has 0 bridgehead atoms. The van der Waals surface area contributed by atoms with Gasteiger partial charge in [0.15, 0.2) is 0 Å². The topological polar surface area (TPSA) is 75.7 Å². The number of methoxy groups -OCH3 is 1. The van der Waals surface area contributed by atoms with E-state index in [1.165, 1.54) is 6.07 Å². The third-order valence-corrected chi connectivity index (χ3v) is 6.76. The Balaban J connectivity index is 1.80. The molecule has 35 heavy (non-hydrogen) atoms. The van der Waals surface area contributed by atoms with Crippen LogP contribution in [0.1, 0.15) is 47.8 Å². The van der Waals surface area contributed by atoms with Crippen LogP contribution in [0.2, 0.25) is 0 Å². The lowest BCUT2D eigenvalue weighted by atomic mass is 9.96. The van der Waals surface area contributed by atoms with Crippen molar-refractivity contribution in [2.75, 3.05) is 17.7 Å². The van der Waals surface area contributed by atoms with Crippen LogP contribution in [0.15, 0.2) is 72.8 Å². The van der Waals surface area contributed by atoms with Gasteiger partial charge < -0.3 is 10.1 Å². The Kier molecular flexibility index (Phi) is 8.51. The summed E-state index contributed by atoms with van der Waals surface area (Å²) < 4.78 is 45.3. The fourth-order valence-corrected chi connectivity index (χ4v) is 4.67. The predicted molar refractivity (Wildman–Crippen MR) is 137 cm³/mol. The number of anilines is 1. The number of nitrogens with one attached hydrogen (secondary N) is 1. The van der Waals surface area contributed by atoms with Gasteiger partial charge in [0.2, 0.25) is 10.0 Å². The van der Waals surface area contributed by atoms with Crippen molar-refractivity contribution in [3.63, 3.8) is 0 Å². The van der Waals surface area contributed by atoms with Crippen LogP contribution < -0.4 is 14.4 Å². The summed E-state index contributed by atoms with van der Waals surface area (Å²) in [5.74, 6) is 0.348. The Hall–Kier alpha value is -3.39. The van der Waals surface area contributed by atoms with Gasteiger partial charge in [0, 0.05) is 11.1 Å². The van der Waals surface area contributed by atoms with Crippen molar-refractivity contribution in [3.8, 4) is 5.75 Å². The molecule has 0 saturated heterocycles. The molecule has 0 radical (unpaired) electrons. The van der Waals surface area contributed by atoms with E-state index in [-0.39, 0.29) is 24.1 Å². The number of carbonyl (C=O) groups is 1. The number of nitrogens with zero attached hydrogens (tertiary/aromatic N) is 1. The van der Waals surface area contributed by atoms with Gasteiger partial charge >= 0.3 is 0 Å². The molecule has 0 heterocycles. The molecule has 3 rings (SSSR count). The largest absolute Gasteiger partial charge is 0.497 e. The van der Waals surface area contributed by atoms with Gasteiger partial charge in [-0.05, 0) is 60.4 Å². The highest BCUT2D eigenvalue weighted by molar-refractivity contribution is 7.92. The number of benzene rings is 3. The second-order valence-electron chi connectivity index (χ2n) is 8.84. The van der Waals surface area contributed by atoms with Crippen LogP contribution in [0, 0.1) is 11.7 Å². The molecule has 3 aromatic rings. The van der Waals surface area contributed by atoms with E-state index in [0.717, 1.165) is 28.3 Å². The van der Waals surface area contributed by atoms with Gasteiger partial charge in [-0.2, -0.15) is 0 Å². The SMILES string of the molecule is COc1ccc([C@H](CC(C)C)NC(=O)c2ccc(N(Cc3ccccc3F)S(C)(=O)=O)cc2)cc1. The molecule has 8 heteroatoms. The van der Waals surface area contributed by atoms with Crippen LogP contribution in [0.25, 0.3) is 0 Å². The molecule has 186 valence electrons. The molecule has 0 saturated carbocycles. The molecular formula is C27H31FN2O4S. The number of sulfonamides is 1. The van der Waals surface area contributed by atoms with Crippen molar-refractivity contribution < 1.29 is 22.3 Å². The number of carbonyl (C=O) groups excluding carboxylic acids is 1. The monoisotopic (exact) mass is 498 g/mol. The molecule has 1 amide bonds. The third-order valence-electron chi connectivity index (χ3n) is 5.62. The van der Waals surface area contributed by atoms with Crippen LogP contribution in [-0.4, -0.2) is 27.7 Å². The summed E-state index contributed by atoms with van der Waals surface area (Å²) in [4.78, 5) is 13.0. The van der Waals surface area contributed by atoms with Gasteiger partial charge in [-0.15, -0.1) is 0 Å². The average molecular weight is 499 g/mol. The summed E-state index contributed by atoms with van der Waals surface area (Å²) in [5, 5.41) is 3.08. The van der Waals surface area contributed by atoms with Gasteiger partial charge in [0.05, 0.1) is 31.6 Å². The normalized spacial score (nSPS) is 12.3. The lowest BCUT2D eigenvalue weighted by Crippen LogP contribution is -2.30. The van der Waals surface area contributed by atoms with Gasteiger partial charge in [-0.3, -0.25) is 9.10 Å². The summed E-state index contributed by atoms with van der Waals surface area (Å²) in [5.41, 5.74) is 1.98. The maximum absolute atomic E-state index is 14.1. The summed E-state index contributed by atoms with van der Waals surface area (Å²) >= 11 is 0. The maximum Gasteiger partial charge on any atom is 0.251 e. The smallest absolute Gasteiger partial charge is 0.251 e. The van der Waals surface area contributed by atoms with E-state index in [1.54, 1.807) is 49.6 Å². The van der Waals surface area contributed by atoms with Crippen molar-refractivity contribution in [2.45, 2.75) is 32.9 Å². The first-order valence-corrected chi connectivity index (χ1v) is 13.2. The Morgan fingerprint density at radius 2 is 1.63 bits per heavy atom. The number of halogens is 1. The number of hydrogen-bond donors (Lipinski definition) is 1. The molecule has 0 fully saturated rings. The minimum absolute atomic E-state index is 0.148. The minimum atomic E-state index is -3.68. The zero-order chi connectivity index (χ0) is 25.6. The summed E-state index contributed by atoms with van der Waals surface area (Å²) in [6.45, 7) is 4.03. The van der Waals surface area contributed by atoms with Crippen LogP contribution in [0.4, 0.5) is 10.1 Å². The van der Waals surface area contributed by atoms with Gasteiger partial charge in [-0.25, -0.2) is 12.8 Å². The molecule has 1 N–H and O–H groups in total. The lowest BCUT2D eigenvalue weighted by Gasteiger charge is -2.24. The summed E-state index contributed by atoms with van der Waals surface area (Å²) in [6.07, 6.45) is 1.82. The number of ether oxygens (including phenoxy) is 1. The van der Waals surface area contributed by atoms with E-state index in [9.17, 15) is 17.6 Å². The lowest BCUT2D eigenvalue weighted by molar-refractivity contribution is 0.0932. The molecule has 3 aromatic carbocycles. The predicted octanol–water partition coefficient (Wildman–Crippen LogP) is 5.32. The first kappa shape index (κ1) is 26.2. The summed E-state index contributed by atoms with van der Waals surface area (Å²) in [6, 6.07) is 19.7. The Morgan fingerprint density at radius 1 is 1.00 bits per heavy atom. The van der Waals surface area contributed by atoms with Crippen LogP contribution >= 0.6 is 0 Å². The number of hydrogen-bond acceptors (Lipinski definition) is 4. The van der Waals surface area contributed by atoms with Crippen LogP contribution in [0.5, 0.6) is 5.75 Å². The highest BCUT2D eigenvalue weighted by Crippen LogP contribution is 2.25. The highest BCUT2D eigenvalue weighted by atomic mass is 32.2. The van der Waals surface area contributed by atoms with Crippen molar-refractivity contribution in [1.82, 2.24) is 5.32 Å². The van der Waals surface area contributed by atoms with Crippen molar-refractivity contribution in [2.24, 2.45) is 5.92 Å².